The molecule has 0 aliphatic rings. The molecule has 0 saturated heterocycles. The average molecular weight is 274 g/mol. The van der Waals surface area contributed by atoms with Crippen molar-refractivity contribution >= 4 is 5.97 Å². The highest BCUT2D eigenvalue weighted by atomic mass is 16.4. The van der Waals surface area contributed by atoms with Gasteiger partial charge in [0.1, 0.15) is 5.82 Å². The fourth-order valence-corrected chi connectivity index (χ4v) is 2.25. The highest BCUT2D eigenvalue weighted by Crippen LogP contribution is 2.16. The van der Waals surface area contributed by atoms with Gasteiger partial charge >= 0.3 is 5.97 Å². The topological polar surface area (TPSA) is 75.3 Å². The second-order valence-electron chi connectivity index (χ2n) is 4.61. The zero-order chi connectivity index (χ0) is 14.5. The molecule has 2 rings (SSSR count). The lowest BCUT2D eigenvalue weighted by Gasteiger charge is -2.10. The molecular weight excluding hydrogens is 256 g/mol. The van der Waals surface area contributed by atoms with Crippen LogP contribution in [0.1, 0.15) is 40.9 Å². The molecule has 106 valence electrons. The molecule has 2 aromatic rings. The normalized spacial score (nSPS) is 10.7. The minimum Gasteiger partial charge on any atom is -0.477 e. The molecule has 1 heterocycles. The van der Waals surface area contributed by atoms with E-state index in [1.807, 2.05) is 37.3 Å². The lowest BCUT2D eigenvalue weighted by atomic mass is 10.2. The van der Waals surface area contributed by atoms with Crippen LogP contribution in [0.3, 0.4) is 0 Å². The van der Waals surface area contributed by atoms with Gasteiger partial charge in [-0.2, -0.15) is 0 Å². The average Bonchev–Trinajstić information content (AvgIpc) is 2.78. The van der Waals surface area contributed by atoms with Crippen LogP contribution in [0.5, 0.6) is 0 Å². The summed E-state index contributed by atoms with van der Waals surface area (Å²) in [5.74, 6) is -0.349. The molecule has 0 radical (unpaired) electrons. The maximum absolute atomic E-state index is 11.4. The van der Waals surface area contributed by atoms with Gasteiger partial charge in [0, 0.05) is 13.0 Å². The summed E-state index contributed by atoms with van der Waals surface area (Å²) in [4.78, 5) is 15.7. The Morgan fingerprint density at radius 1 is 1.30 bits per heavy atom. The Balaban J connectivity index is 2.47. The van der Waals surface area contributed by atoms with Crippen LogP contribution in [-0.2, 0) is 19.6 Å². The van der Waals surface area contributed by atoms with Gasteiger partial charge in [-0.3, -0.25) is 0 Å². The minimum atomic E-state index is -1.06. The molecule has 0 aliphatic carbocycles. The Hall–Kier alpha value is -2.14. The first-order valence-corrected chi connectivity index (χ1v) is 6.63. The van der Waals surface area contributed by atoms with Crippen molar-refractivity contribution in [3.63, 3.8) is 0 Å². The lowest BCUT2D eigenvalue weighted by molar-refractivity contribution is 0.0681. The molecule has 0 spiro atoms. The maximum atomic E-state index is 11.4. The number of aliphatic hydroxyl groups is 1. The first-order chi connectivity index (χ1) is 9.67. The van der Waals surface area contributed by atoms with E-state index in [9.17, 15) is 15.0 Å². The van der Waals surface area contributed by atoms with E-state index in [1.54, 1.807) is 4.57 Å². The highest BCUT2D eigenvalue weighted by molar-refractivity contribution is 5.87. The van der Waals surface area contributed by atoms with Gasteiger partial charge in [-0.05, 0) is 12.0 Å². The number of aryl methyl sites for hydroxylation is 1. The second kappa shape index (κ2) is 6.34. The molecule has 0 bridgehead atoms. The summed E-state index contributed by atoms with van der Waals surface area (Å²) in [6.45, 7) is 2.10. The van der Waals surface area contributed by atoms with Gasteiger partial charge in [0.25, 0.3) is 0 Å². The molecule has 5 nitrogen and oxygen atoms in total. The van der Waals surface area contributed by atoms with Crippen LogP contribution in [0.25, 0.3) is 0 Å². The Bertz CT molecular complexity index is 591. The molecule has 0 amide bonds. The van der Waals surface area contributed by atoms with E-state index in [4.69, 9.17) is 0 Å². The van der Waals surface area contributed by atoms with Crippen molar-refractivity contribution < 1.29 is 15.0 Å². The number of aromatic carboxylic acids is 1. The van der Waals surface area contributed by atoms with Crippen molar-refractivity contribution in [2.24, 2.45) is 0 Å². The van der Waals surface area contributed by atoms with Gasteiger partial charge in [0.2, 0.25) is 0 Å². The third kappa shape index (κ3) is 2.88. The monoisotopic (exact) mass is 274 g/mol. The summed E-state index contributed by atoms with van der Waals surface area (Å²) < 4.78 is 1.69. The number of carboxylic acid groups (broad SMARTS) is 1. The van der Waals surface area contributed by atoms with Crippen molar-refractivity contribution in [1.29, 1.82) is 0 Å². The zero-order valence-corrected chi connectivity index (χ0v) is 11.4. The number of carbonyl (C=O) groups is 1. The summed E-state index contributed by atoms with van der Waals surface area (Å²) in [6.07, 6.45) is 1.56. The molecule has 1 aromatic heterocycles. The summed E-state index contributed by atoms with van der Waals surface area (Å²) >= 11 is 0. The Morgan fingerprint density at radius 2 is 2.00 bits per heavy atom. The maximum Gasteiger partial charge on any atom is 0.354 e. The second-order valence-corrected chi connectivity index (χ2v) is 4.61. The van der Waals surface area contributed by atoms with Gasteiger partial charge in [0.15, 0.2) is 5.69 Å². The van der Waals surface area contributed by atoms with Crippen LogP contribution in [0.4, 0.5) is 0 Å². The van der Waals surface area contributed by atoms with E-state index >= 15 is 0 Å². The molecule has 0 saturated carbocycles. The molecule has 0 atom stereocenters. The first kappa shape index (κ1) is 14.3. The van der Waals surface area contributed by atoms with Gasteiger partial charge in [-0.25, -0.2) is 9.78 Å². The Kier molecular flexibility index (Phi) is 4.53. The number of nitrogens with zero attached hydrogens (tertiary/aromatic N) is 2. The number of carboxylic acids is 1. The smallest absolute Gasteiger partial charge is 0.354 e. The van der Waals surface area contributed by atoms with Crippen LogP contribution >= 0.6 is 0 Å². The summed E-state index contributed by atoms with van der Waals surface area (Å²) in [5, 5.41) is 18.7. The molecule has 0 fully saturated rings. The SMILES string of the molecule is CCCc1nc(CO)c(C(=O)O)n1Cc1ccccc1. The Labute approximate surface area is 117 Å². The molecule has 1 aromatic carbocycles. The molecular formula is C15H18N2O3. The number of benzene rings is 1. The van der Waals surface area contributed by atoms with Gasteiger partial charge in [-0.15, -0.1) is 0 Å². The van der Waals surface area contributed by atoms with Crippen LogP contribution < -0.4 is 0 Å². The standard InChI is InChI=1S/C15H18N2O3/c1-2-6-13-16-12(10-18)14(15(19)20)17(13)9-11-7-4-3-5-8-11/h3-5,7-8,18H,2,6,9-10H2,1H3,(H,19,20). The quantitative estimate of drug-likeness (QED) is 0.845. The molecule has 0 unspecified atom stereocenters. The van der Waals surface area contributed by atoms with E-state index in [0.29, 0.717) is 18.8 Å². The van der Waals surface area contributed by atoms with Gasteiger partial charge in [0.05, 0.1) is 12.3 Å². The van der Waals surface area contributed by atoms with Crippen LogP contribution in [0, 0.1) is 0 Å². The van der Waals surface area contributed by atoms with Crippen LogP contribution in [0.15, 0.2) is 30.3 Å². The van der Waals surface area contributed by atoms with Gasteiger partial charge in [-0.1, -0.05) is 37.3 Å². The molecule has 20 heavy (non-hydrogen) atoms. The van der Waals surface area contributed by atoms with Crippen molar-refractivity contribution in [2.45, 2.75) is 32.9 Å². The predicted molar refractivity (Wildman–Crippen MR) is 74.6 cm³/mol. The number of aliphatic hydroxyl groups excluding tert-OH is 1. The van der Waals surface area contributed by atoms with Crippen molar-refractivity contribution in [1.82, 2.24) is 9.55 Å². The molecule has 5 heteroatoms. The number of hydrogen-bond donors (Lipinski definition) is 2. The molecule has 2 N–H and O–H groups in total. The number of imidazole rings is 1. The number of aromatic nitrogens is 2. The first-order valence-electron chi connectivity index (χ1n) is 6.63. The summed E-state index contributed by atoms with van der Waals surface area (Å²) in [5.41, 5.74) is 1.32. The van der Waals surface area contributed by atoms with E-state index in [0.717, 1.165) is 12.0 Å². The van der Waals surface area contributed by atoms with E-state index in [2.05, 4.69) is 4.98 Å². The van der Waals surface area contributed by atoms with E-state index in [1.165, 1.54) is 0 Å². The zero-order valence-electron chi connectivity index (χ0n) is 11.4. The summed E-state index contributed by atoms with van der Waals surface area (Å²) in [6, 6.07) is 9.64. The third-order valence-corrected chi connectivity index (χ3v) is 3.13. The van der Waals surface area contributed by atoms with E-state index in [-0.39, 0.29) is 18.0 Å². The van der Waals surface area contributed by atoms with Crippen molar-refractivity contribution in [2.75, 3.05) is 0 Å². The fourth-order valence-electron chi connectivity index (χ4n) is 2.25. The highest BCUT2D eigenvalue weighted by Gasteiger charge is 2.21. The fraction of sp³-hybridized carbons (Fsp3) is 0.333. The number of rotatable bonds is 6. The lowest BCUT2D eigenvalue weighted by Crippen LogP contribution is -2.13. The minimum absolute atomic E-state index is 0.0832. The van der Waals surface area contributed by atoms with Gasteiger partial charge < -0.3 is 14.8 Å². The van der Waals surface area contributed by atoms with Crippen LogP contribution in [-0.4, -0.2) is 25.7 Å². The van der Waals surface area contributed by atoms with Crippen LogP contribution in [0.2, 0.25) is 0 Å². The summed E-state index contributed by atoms with van der Waals surface area (Å²) in [7, 11) is 0. The van der Waals surface area contributed by atoms with Crippen molar-refractivity contribution in [3.8, 4) is 0 Å². The number of hydrogen-bond acceptors (Lipinski definition) is 3. The predicted octanol–water partition coefficient (Wildman–Crippen LogP) is 2.07. The largest absolute Gasteiger partial charge is 0.477 e. The van der Waals surface area contributed by atoms with E-state index < -0.39 is 5.97 Å². The molecule has 0 aliphatic heterocycles. The van der Waals surface area contributed by atoms with Crippen molar-refractivity contribution in [3.05, 3.63) is 53.1 Å². The third-order valence-electron chi connectivity index (χ3n) is 3.13. The Morgan fingerprint density at radius 3 is 2.55 bits per heavy atom.